The Hall–Kier alpha value is -2.42. The summed E-state index contributed by atoms with van der Waals surface area (Å²) in [6.45, 7) is 1.71. The van der Waals surface area contributed by atoms with E-state index in [1.54, 1.807) is 0 Å². The van der Waals surface area contributed by atoms with Crippen molar-refractivity contribution in [3.05, 3.63) is 59.7 Å². The maximum Gasteiger partial charge on any atom is 0.0549 e. The Morgan fingerprint density at radius 2 is 1.70 bits per heavy atom. The summed E-state index contributed by atoms with van der Waals surface area (Å²) in [5.41, 5.74) is 4.46. The first kappa shape index (κ1) is 11.4. The summed E-state index contributed by atoms with van der Waals surface area (Å²) in [5.74, 6) is 0.0191. The Morgan fingerprint density at radius 1 is 0.950 bits per heavy atom. The number of aromatic nitrogens is 1. The van der Waals surface area contributed by atoms with Gasteiger partial charge in [-0.15, -0.1) is 0 Å². The molecule has 100 valence electrons. The third kappa shape index (κ3) is 1.67. The van der Waals surface area contributed by atoms with Crippen molar-refractivity contribution in [1.29, 1.82) is 0 Å². The molecule has 3 nitrogen and oxygen atoms in total. The minimum atomic E-state index is 0.0191. The topological polar surface area (TPSA) is 42.1 Å². The van der Waals surface area contributed by atoms with Crippen molar-refractivity contribution >= 4 is 16.6 Å². The van der Waals surface area contributed by atoms with Crippen LogP contribution >= 0.6 is 0 Å². The first-order valence-electron chi connectivity index (χ1n) is 6.92. The monoisotopic (exact) mass is 263 g/mol. The van der Waals surface area contributed by atoms with Gasteiger partial charge in [0.2, 0.25) is 0 Å². The fourth-order valence-electron chi connectivity index (χ4n) is 3.10. The predicted molar refractivity (Wildman–Crippen MR) is 78.9 cm³/mol. The van der Waals surface area contributed by atoms with Crippen LogP contribution < -0.4 is 10.0 Å². The van der Waals surface area contributed by atoms with E-state index in [1.807, 2.05) is 24.3 Å². The lowest BCUT2D eigenvalue weighted by molar-refractivity contribution is -0.273. The van der Waals surface area contributed by atoms with Crippen LogP contribution in [0.3, 0.4) is 0 Å². The Labute approximate surface area is 117 Å². The number of para-hydroxylation sites is 1. The molecule has 2 aromatic carbocycles. The smallest absolute Gasteiger partial charge is 0.0549 e. The van der Waals surface area contributed by atoms with E-state index in [4.69, 9.17) is 0 Å². The highest BCUT2D eigenvalue weighted by molar-refractivity contribution is 5.96. The zero-order chi connectivity index (χ0) is 13.5. The number of hydrogen-bond donors (Lipinski definition) is 1. The zero-order valence-electron chi connectivity index (χ0n) is 11.1. The largest absolute Gasteiger partial charge is 0.859 e. The maximum absolute atomic E-state index is 12.3. The molecule has 0 amide bonds. The molecular formula is C17H15N2O-. The summed E-state index contributed by atoms with van der Waals surface area (Å²) in [6, 6.07) is 16.4. The Bertz CT molecular complexity index is 776. The van der Waals surface area contributed by atoms with Crippen LogP contribution in [0, 0.1) is 0 Å². The number of hydrogen-bond acceptors (Lipinski definition) is 2. The second-order valence-corrected chi connectivity index (χ2v) is 5.29. The standard InChI is InChI=1S/C17H16N2O/c20-17-16(14-7-3-4-8-15(14)18-17)19-10-9-12-5-1-2-6-13(12)11-19/h1-8,18,20H,9-11H2/p-1. The van der Waals surface area contributed by atoms with Crippen molar-refractivity contribution in [2.75, 3.05) is 11.4 Å². The summed E-state index contributed by atoms with van der Waals surface area (Å²) in [4.78, 5) is 5.15. The summed E-state index contributed by atoms with van der Waals surface area (Å²) < 4.78 is 0. The summed E-state index contributed by atoms with van der Waals surface area (Å²) in [7, 11) is 0. The highest BCUT2D eigenvalue weighted by Gasteiger charge is 2.19. The van der Waals surface area contributed by atoms with Crippen molar-refractivity contribution in [1.82, 2.24) is 4.98 Å². The lowest BCUT2D eigenvalue weighted by atomic mass is 9.99. The number of fused-ring (bicyclic) bond motifs is 2. The quantitative estimate of drug-likeness (QED) is 0.733. The lowest BCUT2D eigenvalue weighted by Crippen LogP contribution is -2.30. The number of H-pyrrole nitrogens is 1. The molecule has 0 spiro atoms. The molecule has 1 aromatic heterocycles. The van der Waals surface area contributed by atoms with Gasteiger partial charge in [0.25, 0.3) is 0 Å². The number of anilines is 1. The van der Waals surface area contributed by atoms with E-state index in [9.17, 15) is 5.11 Å². The Balaban J connectivity index is 1.80. The third-order valence-electron chi connectivity index (χ3n) is 4.09. The van der Waals surface area contributed by atoms with Gasteiger partial charge >= 0.3 is 0 Å². The van der Waals surface area contributed by atoms with Crippen molar-refractivity contribution in [2.24, 2.45) is 0 Å². The average Bonchev–Trinajstić information content (AvgIpc) is 2.82. The maximum atomic E-state index is 12.3. The number of benzene rings is 2. The predicted octanol–water partition coefficient (Wildman–Crippen LogP) is 2.80. The van der Waals surface area contributed by atoms with Crippen molar-refractivity contribution in [2.45, 2.75) is 13.0 Å². The highest BCUT2D eigenvalue weighted by atomic mass is 16.3. The molecule has 20 heavy (non-hydrogen) atoms. The van der Waals surface area contributed by atoms with Crippen LogP contribution in [-0.2, 0) is 13.0 Å². The number of aromatic amines is 1. The molecule has 0 fully saturated rings. The molecule has 2 heterocycles. The van der Waals surface area contributed by atoms with Crippen LogP contribution in [0.4, 0.5) is 5.69 Å². The number of nitrogens with zero attached hydrogens (tertiary/aromatic N) is 1. The average molecular weight is 263 g/mol. The van der Waals surface area contributed by atoms with Crippen LogP contribution in [0.15, 0.2) is 48.5 Å². The van der Waals surface area contributed by atoms with Crippen LogP contribution in [0.2, 0.25) is 0 Å². The molecule has 0 saturated heterocycles. The second-order valence-electron chi connectivity index (χ2n) is 5.29. The van der Waals surface area contributed by atoms with Crippen molar-refractivity contribution in [3.8, 4) is 5.88 Å². The van der Waals surface area contributed by atoms with E-state index in [0.29, 0.717) is 0 Å². The van der Waals surface area contributed by atoms with Gasteiger partial charge in [0, 0.05) is 24.0 Å². The highest BCUT2D eigenvalue weighted by Crippen LogP contribution is 2.36. The molecular weight excluding hydrogens is 248 g/mol. The lowest BCUT2D eigenvalue weighted by Gasteiger charge is -2.32. The van der Waals surface area contributed by atoms with Gasteiger partial charge in [-0.3, -0.25) is 0 Å². The van der Waals surface area contributed by atoms with Crippen LogP contribution in [0.25, 0.3) is 10.9 Å². The zero-order valence-corrected chi connectivity index (χ0v) is 11.1. The van der Waals surface area contributed by atoms with Gasteiger partial charge in [-0.25, -0.2) is 0 Å². The van der Waals surface area contributed by atoms with Gasteiger partial charge in [0.05, 0.1) is 5.69 Å². The Morgan fingerprint density at radius 3 is 2.60 bits per heavy atom. The molecule has 1 aliphatic heterocycles. The summed E-state index contributed by atoms with van der Waals surface area (Å²) in [5, 5.41) is 13.3. The summed E-state index contributed by atoms with van der Waals surface area (Å²) in [6.07, 6.45) is 0.995. The first-order valence-corrected chi connectivity index (χ1v) is 6.92. The van der Waals surface area contributed by atoms with Crippen LogP contribution in [0.5, 0.6) is 5.88 Å². The SMILES string of the molecule is [O-]c1[nH]c2ccccc2c1N1CCc2ccccc2C1. The molecule has 0 saturated carbocycles. The van der Waals surface area contributed by atoms with Gasteiger partial charge < -0.3 is 15.0 Å². The van der Waals surface area contributed by atoms with Crippen molar-refractivity contribution in [3.63, 3.8) is 0 Å². The normalized spacial score (nSPS) is 14.5. The molecule has 0 aliphatic carbocycles. The molecule has 3 aromatic rings. The van der Waals surface area contributed by atoms with Gasteiger partial charge in [0.15, 0.2) is 0 Å². The first-order chi connectivity index (χ1) is 9.83. The third-order valence-corrected chi connectivity index (χ3v) is 4.09. The molecule has 4 rings (SSSR count). The van der Waals surface area contributed by atoms with E-state index < -0.39 is 0 Å². The van der Waals surface area contributed by atoms with Gasteiger partial charge in [-0.1, -0.05) is 42.5 Å². The van der Waals surface area contributed by atoms with Gasteiger partial charge in [-0.2, -0.15) is 0 Å². The van der Waals surface area contributed by atoms with E-state index in [0.717, 1.165) is 36.1 Å². The Kier molecular flexibility index (Phi) is 2.46. The van der Waals surface area contributed by atoms with E-state index in [2.05, 4.69) is 34.1 Å². The van der Waals surface area contributed by atoms with Crippen molar-refractivity contribution < 1.29 is 5.11 Å². The molecule has 0 radical (unpaired) electrons. The van der Waals surface area contributed by atoms with E-state index in [1.165, 1.54) is 11.1 Å². The molecule has 0 atom stereocenters. The number of rotatable bonds is 1. The molecule has 1 N–H and O–H groups in total. The van der Waals surface area contributed by atoms with E-state index in [-0.39, 0.29) is 5.88 Å². The van der Waals surface area contributed by atoms with Gasteiger partial charge in [-0.05, 0) is 29.5 Å². The number of nitrogens with one attached hydrogen (secondary N) is 1. The minimum Gasteiger partial charge on any atom is -0.859 e. The molecule has 1 aliphatic rings. The second kappa shape index (κ2) is 4.30. The van der Waals surface area contributed by atoms with Gasteiger partial charge in [0.1, 0.15) is 0 Å². The van der Waals surface area contributed by atoms with Crippen LogP contribution in [-0.4, -0.2) is 11.5 Å². The molecule has 0 unspecified atom stereocenters. The fourth-order valence-corrected chi connectivity index (χ4v) is 3.10. The molecule has 0 bridgehead atoms. The minimum absolute atomic E-state index is 0.0191. The van der Waals surface area contributed by atoms with E-state index >= 15 is 0 Å². The summed E-state index contributed by atoms with van der Waals surface area (Å²) >= 11 is 0. The van der Waals surface area contributed by atoms with Crippen LogP contribution in [0.1, 0.15) is 11.1 Å². The molecule has 3 heteroatoms. The fraction of sp³-hybridized carbons (Fsp3) is 0.176.